The van der Waals surface area contributed by atoms with Gasteiger partial charge in [0.2, 0.25) is 0 Å². The van der Waals surface area contributed by atoms with Gasteiger partial charge in [-0.3, -0.25) is 4.90 Å². The highest BCUT2D eigenvalue weighted by atomic mass is 19.1. The molecule has 9 rings (SSSR count). The monoisotopic (exact) mass is 568 g/mol. The molecule has 8 heteroatoms. The summed E-state index contributed by atoms with van der Waals surface area (Å²) in [6.45, 7) is 5.64. The van der Waals surface area contributed by atoms with Gasteiger partial charge in [-0.2, -0.15) is 9.97 Å². The Balaban J connectivity index is 1.07. The Morgan fingerprint density at radius 2 is 1.79 bits per heavy atom. The highest BCUT2D eigenvalue weighted by Gasteiger charge is 2.49. The number of alkyl halides is 1. The second kappa shape index (κ2) is 9.78. The third kappa shape index (κ3) is 4.28. The highest BCUT2D eigenvalue weighted by Crippen LogP contribution is 2.46. The maximum Gasteiger partial charge on any atom is 0.318 e. The van der Waals surface area contributed by atoms with Crippen LogP contribution in [-0.2, 0) is 13.0 Å². The molecule has 1 aromatic heterocycles. The summed E-state index contributed by atoms with van der Waals surface area (Å²) in [7, 11) is 0. The van der Waals surface area contributed by atoms with Crippen LogP contribution in [0.25, 0.3) is 10.8 Å². The zero-order valence-corrected chi connectivity index (χ0v) is 24.4. The number of piperazine rings is 1. The average molecular weight is 569 g/mol. The van der Waals surface area contributed by atoms with E-state index >= 15 is 0 Å². The molecular weight excluding hydrogens is 527 g/mol. The second-order valence-electron chi connectivity index (χ2n) is 13.8. The van der Waals surface area contributed by atoms with Crippen molar-refractivity contribution in [3.8, 4) is 6.01 Å². The normalized spacial score (nSPS) is 30.6. The van der Waals surface area contributed by atoms with Crippen molar-refractivity contribution >= 4 is 22.3 Å². The lowest BCUT2D eigenvalue weighted by Crippen LogP contribution is -2.52. The number of benzene rings is 2. The number of hydrogen-bond acceptors (Lipinski definition) is 7. The fraction of sp³-hybridized carbons (Fsp3) is 0.588. The zero-order chi connectivity index (χ0) is 27.8. The number of ether oxygens (including phenoxy) is 1. The molecular formula is C34H41FN6O. The molecule has 6 heterocycles. The molecule has 1 N–H and O–H groups in total. The van der Waals surface area contributed by atoms with E-state index in [2.05, 4.69) is 56.4 Å². The lowest BCUT2D eigenvalue weighted by atomic mass is 9.95. The predicted octanol–water partition coefficient (Wildman–Crippen LogP) is 4.97. The molecule has 220 valence electrons. The molecule has 2 unspecified atom stereocenters. The number of fused-ring (bicyclic) bond motifs is 5. The van der Waals surface area contributed by atoms with Gasteiger partial charge in [-0.25, -0.2) is 4.39 Å². The molecule has 4 atom stereocenters. The molecule has 6 aliphatic rings. The lowest BCUT2D eigenvalue weighted by Gasteiger charge is -2.38. The largest absolute Gasteiger partial charge is 0.461 e. The van der Waals surface area contributed by atoms with Crippen LogP contribution in [0.1, 0.15) is 67.7 Å². The van der Waals surface area contributed by atoms with Crippen LogP contribution in [-0.4, -0.2) is 78.0 Å². The van der Waals surface area contributed by atoms with E-state index < -0.39 is 6.17 Å². The molecule has 3 aromatic rings. The number of nitrogens with one attached hydrogen (secondary N) is 1. The molecule has 1 aliphatic carbocycles. The molecule has 4 saturated heterocycles. The van der Waals surface area contributed by atoms with Crippen molar-refractivity contribution in [3.63, 3.8) is 0 Å². The number of rotatable bonds is 6. The summed E-state index contributed by atoms with van der Waals surface area (Å²) in [6.07, 6.45) is 7.88. The molecule has 2 aromatic carbocycles. The fourth-order valence-corrected chi connectivity index (χ4v) is 8.89. The predicted molar refractivity (Wildman–Crippen MR) is 163 cm³/mol. The number of aromatic nitrogens is 2. The van der Waals surface area contributed by atoms with Gasteiger partial charge < -0.3 is 19.9 Å². The van der Waals surface area contributed by atoms with Crippen LogP contribution < -0.4 is 19.9 Å². The first-order chi connectivity index (χ1) is 20.6. The van der Waals surface area contributed by atoms with Crippen LogP contribution in [0.15, 0.2) is 36.4 Å². The third-order valence-electron chi connectivity index (χ3n) is 11.0. The molecule has 1 saturated carbocycles. The van der Waals surface area contributed by atoms with Gasteiger partial charge in [0.05, 0.1) is 17.8 Å². The fourth-order valence-electron chi connectivity index (χ4n) is 8.89. The summed E-state index contributed by atoms with van der Waals surface area (Å²) >= 11 is 0. The summed E-state index contributed by atoms with van der Waals surface area (Å²) in [6, 6.07) is 15.1. The molecule has 7 nitrogen and oxygen atoms in total. The Kier molecular flexibility index (Phi) is 5.94. The van der Waals surface area contributed by atoms with Gasteiger partial charge >= 0.3 is 6.01 Å². The first kappa shape index (κ1) is 25.5. The molecule has 5 aliphatic heterocycles. The molecule has 0 amide bonds. The zero-order valence-electron chi connectivity index (χ0n) is 24.4. The minimum atomic E-state index is -0.764. The van der Waals surface area contributed by atoms with Gasteiger partial charge in [0.1, 0.15) is 18.6 Å². The summed E-state index contributed by atoms with van der Waals surface area (Å²) in [5.41, 5.74) is 4.99. The first-order valence-corrected chi connectivity index (χ1v) is 16.3. The summed E-state index contributed by atoms with van der Waals surface area (Å²) in [5.74, 6) is 1.76. The SMILES string of the molecule is F[C@H]1CN2CCC[C@@]2(COc2nc3c(c(N4CC5CCC(C4)N5)n2)CCN(c2cccc4cccc(C5CC5)c24)C3)C1. The van der Waals surface area contributed by atoms with E-state index in [1.807, 2.05) is 0 Å². The smallest absolute Gasteiger partial charge is 0.318 e. The van der Waals surface area contributed by atoms with Crippen molar-refractivity contribution in [2.24, 2.45) is 0 Å². The van der Waals surface area contributed by atoms with Crippen molar-refractivity contribution in [3.05, 3.63) is 53.2 Å². The lowest BCUT2D eigenvalue weighted by molar-refractivity contribution is 0.107. The van der Waals surface area contributed by atoms with Crippen molar-refractivity contribution in [2.45, 2.75) is 87.6 Å². The van der Waals surface area contributed by atoms with E-state index in [-0.39, 0.29) is 5.54 Å². The van der Waals surface area contributed by atoms with E-state index in [9.17, 15) is 4.39 Å². The van der Waals surface area contributed by atoms with E-state index in [0.29, 0.717) is 43.6 Å². The standard InChI is InChI=1S/C34H41FN6O/c35-24-16-34(13-3-14-41(34)17-24)21-42-33-37-29-20-39(30-7-2-5-23-4-1-6-27(31(23)30)22-8-9-22)15-12-28(29)32(38-33)40-18-25-10-11-26(19-40)36-25/h1-2,4-7,22,24-26,36H,3,8-21H2/t24-,25?,26?,34+/m1/s1. The molecule has 0 radical (unpaired) electrons. The van der Waals surface area contributed by atoms with Gasteiger partial charge in [0.15, 0.2) is 0 Å². The van der Waals surface area contributed by atoms with E-state index in [1.165, 1.54) is 53.3 Å². The molecule has 0 spiro atoms. The van der Waals surface area contributed by atoms with E-state index in [1.54, 1.807) is 0 Å². The van der Waals surface area contributed by atoms with Crippen molar-refractivity contribution < 1.29 is 9.13 Å². The van der Waals surface area contributed by atoms with E-state index in [4.69, 9.17) is 14.7 Å². The molecule has 42 heavy (non-hydrogen) atoms. The quantitative estimate of drug-likeness (QED) is 0.451. The summed E-state index contributed by atoms with van der Waals surface area (Å²) < 4.78 is 21.0. The van der Waals surface area contributed by atoms with Gasteiger partial charge in [-0.15, -0.1) is 0 Å². The van der Waals surface area contributed by atoms with Gasteiger partial charge in [0.25, 0.3) is 0 Å². The van der Waals surface area contributed by atoms with Crippen molar-refractivity contribution in [2.75, 3.05) is 49.1 Å². The Bertz CT molecular complexity index is 1510. The minimum absolute atomic E-state index is 0.207. The third-order valence-corrected chi connectivity index (χ3v) is 11.0. The Morgan fingerprint density at radius 3 is 2.62 bits per heavy atom. The Hall–Kier alpha value is -2.97. The van der Waals surface area contributed by atoms with Crippen LogP contribution in [0, 0.1) is 0 Å². The van der Waals surface area contributed by atoms with Crippen LogP contribution in [0.2, 0.25) is 0 Å². The molecule has 2 bridgehead atoms. The number of anilines is 2. The van der Waals surface area contributed by atoms with Crippen LogP contribution >= 0.6 is 0 Å². The van der Waals surface area contributed by atoms with Gasteiger partial charge in [-0.1, -0.05) is 30.3 Å². The summed E-state index contributed by atoms with van der Waals surface area (Å²) in [4.78, 5) is 17.6. The van der Waals surface area contributed by atoms with E-state index in [0.717, 1.165) is 63.5 Å². The topological polar surface area (TPSA) is 56.8 Å². The van der Waals surface area contributed by atoms with Crippen LogP contribution in [0.4, 0.5) is 15.9 Å². The van der Waals surface area contributed by atoms with Crippen LogP contribution in [0.3, 0.4) is 0 Å². The van der Waals surface area contributed by atoms with Gasteiger partial charge in [-0.05, 0) is 74.4 Å². The summed E-state index contributed by atoms with van der Waals surface area (Å²) in [5, 5.41) is 6.52. The highest BCUT2D eigenvalue weighted by molar-refractivity contribution is 5.97. The molecule has 5 fully saturated rings. The first-order valence-electron chi connectivity index (χ1n) is 16.3. The average Bonchev–Trinajstić information content (AvgIpc) is 3.61. The Morgan fingerprint density at radius 1 is 0.952 bits per heavy atom. The van der Waals surface area contributed by atoms with Gasteiger partial charge in [0, 0.05) is 61.3 Å². The van der Waals surface area contributed by atoms with Crippen molar-refractivity contribution in [1.29, 1.82) is 0 Å². The van der Waals surface area contributed by atoms with Crippen molar-refractivity contribution in [1.82, 2.24) is 20.2 Å². The number of halogens is 1. The Labute approximate surface area is 247 Å². The number of hydrogen-bond donors (Lipinski definition) is 1. The second-order valence-corrected chi connectivity index (χ2v) is 13.8. The maximum atomic E-state index is 14.5. The minimum Gasteiger partial charge on any atom is -0.461 e. The number of nitrogens with zero attached hydrogens (tertiary/aromatic N) is 5. The van der Waals surface area contributed by atoms with Crippen LogP contribution in [0.5, 0.6) is 6.01 Å². The maximum absolute atomic E-state index is 14.5.